The number of hydrogen-bond donors (Lipinski definition) is 2. The fourth-order valence-corrected chi connectivity index (χ4v) is 3.00. The molecule has 0 radical (unpaired) electrons. The standard InChI is InChI=1S/C21H19N5O2/c1-13-10-15(28-2)8-9-16(13)18-19-20(26-25-18)22-12-17(24-19)21(27)23-11-14-6-4-3-5-7-14/h3-10,12H,11H2,1-2H3,(H,23,27)(H,22,25,26). The van der Waals surface area contributed by atoms with Crippen LogP contribution >= 0.6 is 0 Å². The van der Waals surface area contributed by atoms with Crippen molar-refractivity contribution in [3.05, 3.63) is 71.5 Å². The number of H-pyrrole nitrogens is 1. The molecule has 0 saturated heterocycles. The summed E-state index contributed by atoms with van der Waals surface area (Å²) in [6, 6.07) is 15.5. The third-order valence-corrected chi connectivity index (χ3v) is 4.50. The summed E-state index contributed by atoms with van der Waals surface area (Å²) in [7, 11) is 1.63. The first-order valence-corrected chi connectivity index (χ1v) is 8.84. The number of methoxy groups -OCH3 is 1. The number of benzene rings is 2. The van der Waals surface area contributed by atoms with Crippen LogP contribution in [0.3, 0.4) is 0 Å². The van der Waals surface area contributed by atoms with Crippen LogP contribution in [0.4, 0.5) is 0 Å². The summed E-state index contributed by atoms with van der Waals surface area (Å²) in [5.41, 5.74) is 4.94. The van der Waals surface area contributed by atoms with Gasteiger partial charge in [0.1, 0.15) is 17.0 Å². The largest absolute Gasteiger partial charge is 0.497 e. The molecule has 0 spiro atoms. The molecule has 2 N–H and O–H groups in total. The second-order valence-electron chi connectivity index (χ2n) is 6.38. The Bertz CT molecular complexity index is 1140. The van der Waals surface area contributed by atoms with E-state index >= 15 is 0 Å². The third kappa shape index (κ3) is 3.42. The molecule has 4 rings (SSSR count). The maximum Gasteiger partial charge on any atom is 0.271 e. The van der Waals surface area contributed by atoms with E-state index in [0.717, 1.165) is 28.1 Å². The number of fused-ring (bicyclic) bond motifs is 1. The van der Waals surface area contributed by atoms with Gasteiger partial charge in [0.05, 0.1) is 19.0 Å². The summed E-state index contributed by atoms with van der Waals surface area (Å²) in [6.07, 6.45) is 1.44. The number of amides is 1. The van der Waals surface area contributed by atoms with Crippen LogP contribution < -0.4 is 10.1 Å². The lowest BCUT2D eigenvalue weighted by Gasteiger charge is -2.07. The van der Waals surface area contributed by atoms with Gasteiger partial charge in [0.15, 0.2) is 5.65 Å². The van der Waals surface area contributed by atoms with Crippen molar-refractivity contribution in [3.63, 3.8) is 0 Å². The van der Waals surface area contributed by atoms with Crippen LogP contribution in [-0.4, -0.2) is 33.2 Å². The topological polar surface area (TPSA) is 92.8 Å². The van der Waals surface area contributed by atoms with Gasteiger partial charge in [-0.05, 0) is 36.2 Å². The van der Waals surface area contributed by atoms with E-state index in [1.165, 1.54) is 6.20 Å². The van der Waals surface area contributed by atoms with Crippen LogP contribution in [0.5, 0.6) is 5.75 Å². The molecule has 0 saturated carbocycles. The van der Waals surface area contributed by atoms with Gasteiger partial charge in [0.2, 0.25) is 0 Å². The van der Waals surface area contributed by atoms with Crippen LogP contribution in [0.1, 0.15) is 21.6 Å². The van der Waals surface area contributed by atoms with E-state index in [1.807, 2.05) is 55.5 Å². The number of rotatable bonds is 5. The molecule has 2 heterocycles. The second kappa shape index (κ2) is 7.48. The predicted octanol–water partition coefficient (Wildman–Crippen LogP) is 3.27. The van der Waals surface area contributed by atoms with Crippen LogP contribution in [-0.2, 0) is 6.54 Å². The van der Waals surface area contributed by atoms with E-state index in [-0.39, 0.29) is 11.6 Å². The Hall–Kier alpha value is -3.74. The SMILES string of the molecule is COc1ccc(-c2[nH]nc3ncc(C(=O)NCc4ccccc4)nc23)c(C)c1. The average Bonchev–Trinajstić information content (AvgIpc) is 3.15. The highest BCUT2D eigenvalue weighted by molar-refractivity contribution is 5.95. The minimum Gasteiger partial charge on any atom is -0.497 e. The maximum atomic E-state index is 12.5. The average molecular weight is 373 g/mol. The first-order chi connectivity index (χ1) is 13.7. The zero-order valence-electron chi connectivity index (χ0n) is 15.6. The molecule has 7 nitrogen and oxygen atoms in total. The Morgan fingerprint density at radius 2 is 2.00 bits per heavy atom. The van der Waals surface area contributed by atoms with Crippen molar-refractivity contribution in [1.29, 1.82) is 0 Å². The van der Waals surface area contributed by atoms with Crippen molar-refractivity contribution in [2.75, 3.05) is 7.11 Å². The van der Waals surface area contributed by atoms with Gasteiger partial charge in [-0.2, -0.15) is 5.10 Å². The first-order valence-electron chi connectivity index (χ1n) is 8.84. The third-order valence-electron chi connectivity index (χ3n) is 4.50. The molecule has 0 fully saturated rings. The molecule has 2 aromatic heterocycles. The molecule has 1 amide bonds. The van der Waals surface area contributed by atoms with Crippen molar-refractivity contribution >= 4 is 17.1 Å². The normalized spacial score (nSPS) is 10.8. The second-order valence-corrected chi connectivity index (χ2v) is 6.38. The minimum absolute atomic E-state index is 0.247. The van der Waals surface area contributed by atoms with Crippen molar-refractivity contribution in [1.82, 2.24) is 25.5 Å². The predicted molar refractivity (Wildman–Crippen MR) is 106 cm³/mol. The monoisotopic (exact) mass is 373 g/mol. The smallest absolute Gasteiger partial charge is 0.271 e. The van der Waals surface area contributed by atoms with Gasteiger partial charge >= 0.3 is 0 Å². The lowest BCUT2D eigenvalue weighted by Crippen LogP contribution is -2.24. The number of aromatic nitrogens is 4. The fraction of sp³-hybridized carbons (Fsp3) is 0.143. The maximum absolute atomic E-state index is 12.5. The molecule has 0 aliphatic carbocycles. The zero-order valence-corrected chi connectivity index (χ0v) is 15.6. The summed E-state index contributed by atoms with van der Waals surface area (Å²) in [5.74, 6) is 0.494. The number of aromatic amines is 1. The van der Waals surface area contributed by atoms with E-state index in [2.05, 4.69) is 25.5 Å². The van der Waals surface area contributed by atoms with E-state index in [4.69, 9.17) is 4.74 Å². The van der Waals surface area contributed by atoms with E-state index in [1.54, 1.807) is 7.11 Å². The Morgan fingerprint density at radius 3 is 2.75 bits per heavy atom. The molecule has 28 heavy (non-hydrogen) atoms. The van der Waals surface area contributed by atoms with Crippen LogP contribution in [0, 0.1) is 6.92 Å². The number of carbonyl (C=O) groups excluding carboxylic acids is 1. The summed E-state index contributed by atoms with van der Waals surface area (Å²) < 4.78 is 5.26. The molecule has 0 aliphatic heterocycles. The number of hydrogen-bond acceptors (Lipinski definition) is 5. The Morgan fingerprint density at radius 1 is 1.18 bits per heavy atom. The van der Waals surface area contributed by atoms with Gasteiger partial charge in [-0.15, -0.1) is 0 Å². The number of carbonyl (C=O) groups is 1. The Balaban J connectivity index is 1.63. The van der Waals surface area contributed by atoms with Gasteiger partial charge in [0.25, 0.3) is 5.91 Å². The number of nitrogens with one attached hydrogen (secondary N) is 2. The van der Waals surface area contributed by atoms with Crippen LogP contribution in [0.25, 0.3) is 22.4 Å². The summed E-state index contributed by atoms with van der Waals surface area (Å²) >= 11 is 0. The molecule has 0 aliphatic rings. The lowest BCUT2D eigenvalue weighted by molar-refractivity contribution is 0.0946. The van der Waals surface area contributed by atoms with E-state index < -0.39 is 0 Å². The molecular formula is C21H19N5O2. The Labute approximate surface area is 161 Å². The quantitative estimate of drug-likeness (QED) is 0.560. The molecule has 0 atom stereocenters. The van der Waals surface area contributed by atoms with Crippen LogP contribution in [0.15, 0.2) is 54.7 Å². The Kier molecular flexibility index (Phi) is 4.72. The van der Waals surface area contributed by atoms with Crippen molar-refractivity contribution in [2.45, 2.75) is 13.5 Å². The van der Waals surface area contributed by atoms with E-state index in [9.17, 15) is 4.79 Å². The molecule has 0 unspecified atom stereocenters. The number of aryl methyl sites for hydroxylation is 1. The minimum atomic E-state index is -0.281. The summed E-state index contributed by atoms with van der Waals surface area (Å²) in [6.45, 7) is 2.41. The van der Waals surface area contributed by atoms with E-state index in [0.29, 0.717) is 17.7 Å². The lowest BCUT2D eigenvalue weighted by atomic mass is 10.0. The molecule has 7 heteroatoms. The molecule has 2 aromatic carbocycles. The molecule has 4 aromatic rings. The first kappa shape index (κ1) is 17.7. The van der Waals surface area contributed by atoms with Gasteiger partial charge in [0, 0.05) is 12.1 Å². The van der Waals surface area contributed by atoms with Gasteiger partial charge in [-0.1, -0.05) is 30.3 Å². The number of ether oxygens (including phenoxy) is 1. The van der Waals surface area contributed by atoms with Gasteiger partial charge < -0.3 is 10.1 Å². The van der Waals surface area contributed by atoms with Gasteiger partial charge in [-0.3, -0.25) is 9.89 Å². The highest BCUT2D eigenvalue weighted by Crippen LogP contribution is 2.29. The summed E-state index contributed by atoms with van der Waals surface area (Å²) in [4.78, 5) is 21.3. The van der Waals surface area contributed by atoms with Crippen LogP contribution in [0.2, 0.25) is 0 Å². The fourth-order valence-electron chi connectivity index (χ4n) is 3.00. The summed E-state index contributed by atoms with van der Waals surface area (Å²) in [5, 5.41) is 10.1. The molecule has 140 valence electrons. The number of nitrogens with zero attached hydrogens (tertiary/aromatic N) is 3. The zero-order chi connectivity index (χ0) is 19.5. The van der Waals surface area contributed by atoms with Crippen molar-refractivity contribution in [2.24, 2.45) is 0 Å². The van der Waals surface area contributed by atoms with Crippen molar-refractivity contribution < 1.29 is 9.53 Å². The molecular weight excluding hydrogens is 354 g/mol. The highest BCUT2D eigenvalue weighted by Gasteiger charge is 2.16. The van der Waals surface area contributed by atoms with Gasteiger partial charge in [-0.25, -0.2) is 9.97 Å². The van der Waals surface area contributed by atoms with Crippen molar-refractivity contribution in [3.8, 4) is 17.0 Å². The molecule has 0 bridgehead atoms. The highest BCUT2D eigenvalue weighted by atomic mass is 16.5.